The molecule has 0 bridgehead atoms. The van der Waals surface area contributed by atoms with Crippen molar-refractivity contribution < 1.29 is 23.4 Å². The summed E-state index contributed by atoms with van der Waals surface area (Å²) in [6.07, 6.45) is 0. The largest absolute Gasteiger partial charge is 0.490 e. The van der Waals surface area contributed by atoms with Crippen LogP contribution in [0.1, 0.15) is 34.6 Å². The lowest BCUT2D eigenvalue weighted by molar-refractivity contribution is -0.120. The monoisotopic (exact) mass is 409 g/mol. The van der Waals surface area contributed by atoms with Crippen LogP contribution in [-0.4, -0.2) is 47.7 Å². The van der Waals surface area contributed by atoms with Crippen LogP contribution in [0.5, 0.6) is 17.2 Å². The minimum atomic E-state index is -0.341. The van der Waals surface area contributed by atoms with Gasteiger partial charge in [-0.2, -0.15) is 0 Å². The molecule has 1 amide bonds. The third-order valence-electron chi connectivity index (χ3n) is 3.56. The number of hydrogen-bond acceptors (Lipinski definition) is 8. The predicted molar refractivity (Wildman–Crippen MR) is 107 cm³/mol. The second-order valence-corrected chi connectivity index (χ2v) is 6.92. The number of hydrogen-bond donors (Lipinski definition) is 1. The summed E-state index contributed by atoms with van der Waals surface area (Å²) in [5.74, 6) is 1.89. The van der Waals surface area contributed by atoms with Crippen molar-refractivity contribution in [2.24, 2.45) is 0 Å². The van der Waals surface area contributed by atoms with Gasteiger partial charge in [-0.05, 0) is 46.8 Å². The summed E-state index contributed by atoms with van der Waals surface area (Å²) in [6.45, 7) is 11.4. The Hall–Kier alpha value is -2.42. The smallest absolute Gasteiger partial charge is 0.277 e. The summed E-state index contributed by atoms with van der Waals surface area (Å²) in [7, 11) is 0. The first-order chi connectivity index (χ1) is 13.5. The zero-order valence-electron chi connectivity index (χ0n) is 16.9. The van der Waals surface area contributed by atoms with Crippen molar-refractivity contribution in [3.63, 3.8) is 0 Å². The van der Waals surface area contributed by atoms with Gasteiger partial charge >= 0.3 is 0 Å². The highest BCUT2D eigenvalue weighted by Gasteiger charge is 2.21. The Morgan fingerprint density at radius 2 is 1.68 bits per heavy atom. The van der Waals surface area contributed by atoms with E-state index < -0.39 is 0 Å². The number of aromatic nitrogens is 2. The van der Waals surface area contributed by atoms with Crippen molar-refractivity contribution in [3.05, 3.63) is 12.1 Å². The van der Waals surface area contributed by atoms with Crippen LogP contribution in [0.3, 0.4) is 0 Å². The summed E-state index contributed by atoms with van der Waals surface area (Å²) in [5, 5.41) is 10.9. The maximum Gasteiger partial charge on any atom is 0.277 e. The number of carbonyl (C=O) groups excluding carboxylic acids is 1. The van der Waals surface area contributed by atoms with Crippen LogP contribution in [0.15, 0.2) is 21.8 Å². The fourth-order valence-corrected chi connectivity index (χ4v) is 3.12. The highest BCUT2D eigenvalue weighted by atomic mass is 32.2. The average Bonchev–Trinajstić information content (AvgIpc) is 3.13. The van der Waals surface area contributed by atoms with Crippen molar-refractivity contribution in [2.75, 3.05) is 26.4 Å². The molecule has 1 atom stereocenters. The van der Waals surface area contributed by atoms with Gasteiger partial charge in [0.25, 0.3) is 5.22 Å². The molecular formula is C19H27N3O5S. The number of rotatable bonds is 11. The van der Waals surface area contributed by atoms with E-state index in [1.807, 2.05) is 27.7 Å². The van der Waals surface area contributed by atoms with Gasteiger partial charge in [-0.15, -0.1) is 10.2 Å². The Kier molecular flexibility index (Phi) is 8.43. The van der Waals surface area contributed by atoms with Crippen LogP contribution in [0.2, 0.25) is 0 Å². The molecule has 2 aromatic rings. The minimum absolute atomic E-state index is 0.0782. The number of benzene rings is 1. The number of amides is 1. The van der Waals surface area contributed by atoms with E-state index in [9.17, 15) is 4.79 Å². The van der Waals surface area contributed by atoms with Crippen LogP contribution in [0.25, 0.3) is 11.5 Å². The van der Waals surface area contributed by atoms with Gasteiger partial charge in [0.2, 0.25) is 17.5 Å². The molecule has 2 rings (SSSR count). The molecule has 0 aliphatic rings. The molecule has 154 valence electrons. The third-order valence-corrected chi connectivity index (χ3v) is 4.49. The van der Waals surface area contributed by atoms with Gasteiger partial charge in [0, 0.05) is 12.1 Å². The molecule has 1 N–H and O–H groups in total. The van der Waals surface area contributed by atoms with E-state index >= 15 is 0 Å². The molecule has 0 unspecified atom stereocenters. The van der Waals surface area contributed by atoms with Gasteiger partial charge in [0.1, 0.15) is 0 Å². The van der Waals surface area contributed by atoms with E-state index in [0.717, 1.165) is 0 Å². The van der Waals surface area contributed by atoms with Crippen molar-refractivity contribution in [2.45, 2.75) is 45.1 Å². The molecule has 0 radical (unpaired) electrons. The fraction of sp³-hybridized carbons (Fsp3) is 0.526. The SMILES string of the molecule is CCNC(=O)[C@H](C)Sc1nnc(-c2cc(OCC)c(OCC)c(OCC)c2)o1. The van der Waals surface area contributed by atoms with Gasteiger partial charge in [0.15, 0.2) is 11.5 Å². The third kappa shape index (κ3) is 5.54. The van der Waals surface area contributed by atoms with E-state index in [1.54, 1.807) is 19.1 Å². The lowest BCUT2D eigenvalue weighted by Gasteiger charge is -2.16. The summed E-state index contributed by atoms with van der Waals surface area (Å²) in [4.78, 5) is 11.9. The summed E-state index contributed by atoms with van der Waals surface area (Å²) >= 11 is 1.21. The molecule has 28 heavy (non-hydrogen) atoms. The van der Waals surface area contributed by atoms with E-state index in [4.69, 9.17) is 18.6 Å². The molecule has 0 aliphatic carbocycles. The molecule has 9 heteroatoms. The summed E-state index contributed by atoms with van der Waals surface area (Å²) in [6, 6.07) is 3.57. The van der Waals surface area contributed by atoms with E-state index in [-0.39, 0.29) is 11.2 Å². The first kappa shape index (κ1) is 21.9. The van der Waals surface area contributed by atoms with E-state index in [0.29, 0.717) is 60.3 Å². The molecule has 0 fully saturated rings. The van der Waals surface area contributed by atoms with E-state index in [1.165, 1.54) is 11.8 Å². The Morgan fingerprint density at radius 3 is 2.21 bits per heavy atom. The first-order valence-corrected chi connectivity index (χ1v) is 10.3. The summed E-state index contributed by atoms with van der Waals surface area (Å²) < 4.78 is 22.9. The van der Waals surface area contributed by atoms with Crippen LogP contribution < -0.4 is 19.5 Å². The van der Waals surface area contributed by atoms with Gasteiger partial charge in [-0.25, -0.2) is 0 Å². The number of thioether (sulfide) groups is 1. The minimum Gasteiger partial charge on any atom is -0.490 e. The molecule has 0 saturated carbocycles. The lowest BCUT2D eigenvalue weighted by atomic mass is 10.2. The molecule has 1 aromatic carbocycles. The average molecular weight is 410 g/mol. The summed E-state index contributed by atoms with van der Waals surface area (Å²) in [5.41, 5.74) is 0.653. The maximum atomic E-state index is 11.9. The highest BCUT2D eigenvalue weighted by molar-refractivity contribution is 8.00. The van der Waals surface area contributed by atoms with Gasteiger partial charge in [-0.1, -0.05) is 11.8 Å². The Labute approximate surface area is 169 Å². The van der Waals surface area contributed by atoms with Crippen molar-refractivity contribution >= 4 is 17.7 Å². The Bertz CT molecular complexity index is 754. The van der Waals surface area contributed by atoms with Crippen LogP contribution in [-0.2, 0) is 4.79 Å². The zero-order valence-corrected chi connectivity index (χ0v) is 17.7. The van der Waals surface area contributed by atoms with Gasteiger partial charge < -0.3 is 23.9 Å². The molecule has 1 aromatic heterocycles. The Morgan fingerprint density at radius 1 is 1.07 bits per heavy atom. The normalized spacial score (nSPS) is 11.8. The van der Waals surface area contributed by atoms with Crippen molar-refractivity contribution in [1.29, 1.82) is 0 Å². The maximum absolute atomic E-state index is 11.9. The fourth-order valence-electron chi connectivity index (χ4n) is 2.41. The topological polar surface area (TPSA) is 95.7 Å². The predicted octanol–water partition coefficient (Wildman–Crippen LogP) is 3.55. The van der Waals surface area contributed by atoms with E-state index in [2.05, 4.69) is 15.5 Å². The molecule has 0 saturated heterocycles. The molecule has 0 aliphatic heterocycles. The number of carbonyl (C=O) groups is 1. The van der Waals surface area contributed by atoms with Crippen molar-refractivity contribution in [3.8, 4) is 28.7 Å². The second-order valence-electron chi connectivity index (χ2n) is 5.63. The molecule has 1 heterocycles. The Balaban J connectivity index is 2.31. The number of nitrogens with zero attached hydrogens (tertiary/aromatic N) is 2. The van der Waals surface area contributed by atoms with Crippen LogP contribution >= 0.6 is 11.8 Å². The second kappa shape index (κ2) is 10.8. The van der Waals surface area contributed by atoms with Crippen LogP contribution in [0.4, 0.5) is 0 Å². The standard InChI is InChI=1S/C19H27N3O5S/c1-6-20-17(23)12(5)28-19-22-21-18(27-19)13-10-14(24-7-2)16(26-9-4)15(11-13)25-8-3/h10-12H,6-9H2,1-5H3,(H,20,23)/t12-/m0/s1. The number of ether oxygens (including phenoxy) is 3. The highest BCUT2D eigenvalue weighted by Crippen LogP contribution is 2.42. The molecule has 8 nitrogen and oxygen atoms in total. The first-order valence-electron chi connectivity index (χ1n) is 9.38. The van der Waals surface area contributed by atoms with Gasteiger partial charge in [0.05, 0.1) is 25.1 Å². The van der Waals surface area contributed by atoms with Crippen LogP contribution in [0, 0.1) is 0 Å². The molecule has 0 spiro atoms. The van der Waals surface area contributed by atoms with Gasteiger partial charge in [-0.3, -0.25) is 4.79 Å². The quantitative estimate of drug-likeness (QED) is 0.563. The number of nitrogens with one attached hydrogen (secondary N) is 1. The lowest BCUT2D eigenvalue weighted by Crippen LogP contribution is -2.30. The molecular weight excluding hydrogens is 382 g/mol. The zero-order chi connectivity index (χ0) is 20.5. The van der Waals surface area contributed by atoms with Crippen molar-refractivity contribution in [1.82, 2.24) is 15.5 Å².